The number of carbonyl (C=O) groups is 1. The highest BCUT2D eigenvalue weighted by molar-refractivity contribution is 9.10. The summed E-state index contributed by atoms with van der Waals surface area (Å²) in [5.41, 5.74) is 5.33. The Balaban J connectivity index is 1.97. The molecule has 0 aromatic heterocycles. The van der Waals surface area contributed by atoms with E-state index in [1.54, 1.807) is 0 Å². The second-order valence-electron chi connectivity index (χ2n) is 5.94. The van der Waals surface area contributed by atoms with Crippen LogP contribution in [0.15, 0.2) is 58.6 Å². The zero-order chi connectivity index (χ0) is 17.1. The molecule has 0 unspecified atom stereocenters. The van der Waals surface area contributed by atoms with Gasteiger partial charge in [-0.3, -0.25) is 4.79 Å². The number of benzene rings is 2. The minimum atomic E-state index is 0.231. The number of halogens is 2. The molecule has 0 atom stereocenters. The number of fused-ring (bicyclic) bond motifs is 1. The van der Waals surface area contributed by atoms with Crippen molar-refractivity contribution in [3.63, 3.8) is 0 Å². The average Bonchev–Trinajstić information content (AvgIpc) is 2.92. The van der Waals surface area contributed by atoms with Gasteiger partial charge >= 0.3 is 0 Å². The smallest absolute Gasteiger partial charge is 0.163 e. The topological polar surface area (TPSA) is 17.1 Å². The van der Waals surface area contributed by atoms with Crippen molar-refractivity contribution in [1.29, 1.82) is 0 Å². The predicted octanol–water partition coefficient (Wildman–Crippen LogP) is 6.49. The molecule has 122 valence electrons. The van der Waals surface area contributed by atoms with Crippen molar-refractivity contribution in [2.75, 3.05) is 0 Å². The van der Waals surface area contributed by atoms with Gasteiger partial charge in [0.05, 0.1) is 0 Å². The summed E-state index contributed by atoms with van der Waals surface area (Å²) in [4.78, 5) is 12.6. The van der Waals surface area contributed by atoms with Crippen molar-refractivity contribution in [1.82, 2.24) is 0 Å². The number of hydrogen-bond acceptors (Lipinski definition) is 1. The fourth-order valence-electron chi connectivity index (χ4n) is 3.01. The Bertz CT molecular complexity index is 831. The van der Waals surface area contributed by atoms with Gasteiger partial charge in [0.15, 0.2) is 5.78 Å². The summed E-state index contributed by atoms with van der Waals surface area (Å²) in [6, 6.07) is 13.9. The predicted molar refractivity (Wildman–Crippen MR) is 105 cm³/mol. The minimum absolute atomic E-state index is 0.231. The van der Waals surface area contributed by atoms with E-state index in [0.717, 1.165) is 44.6 Å². The Morgan fingerprint density at radius 3 is 2.62 bits per heavy atom. The first-order valence-electron chi connectivity index (χ1n) is 8.07. The van der Waals surface area contributed by atoms with E-state index in [2.05, 4.69) is 28.1 Å². The van der Waals surface area contributed by atoms with Crippen LogP contribution in [0.2, 0.25) is 5.02 Å². The van der Waals surface area contributed by atoms with E-state index in [0.29, 0.717) is 6.42 Å². The van der Waals surface area contributed by atoms with Crippen molar-refractivity contribution in [3.8, 4) is 0 Å². The van der Waals surface area contributed by atoms with Gasteiger partial charge in [0.25, 0.3) is 0 Å². The molecule has 0 N–H and O–H groups in total. The third kappa shape index (κ3) is 3.71. The molecule has 1 aliphatic rings. The normalized spacial score (nSPS) is 13.6. The second-order valence-corrected chi connectivity index (χ2v) is 7.29. The van der Waals surface area contributed by atoms with E-state index in [1.165, 1.54) is 5.56 Å². The molecule has 0 bridgehead atoms. The first kappa shape index (κ1) is 17.2. The summed E-state index contributed by atoms with van der Waals surface area (Å²) >= 11 is 9.45. The third-order valence-corrected chi connectivity index (χ3v) is 4.89. The number of ketones is 1. The summed E-state index contributed by atoms with van der Waals surface area (Å²) < 4.78 is 1.05. The number of allylic oxidation sites excluding steroid dienone is 3. The Labute approximate surface area is 156 Å². The minimum Gasteiger partial charge on any atom is -0.294 e. The van der Waals surface area contributed by atoms with E-state index < -0.39 is 0 Å². The van der Waals surface area contributed by atoms with Crippen LogP contribution in [0, 0.1) is 0 Å². The SMILES string of the molecule is CCCC(=O)C1=C(/C=C/c2ccc(Cl)cc2)Cc2cc(Br)ccc21. The maximum absolute atomic E-state index is 12.6. The average molecular weight is 402 g/mol. The molecule has 0 saturated carbocycles. The molecule has 1 aliphatic carbocycles. The van der Waals surface area contributed by atoms with Crippen LogP contribution in [0.4, 0.5) is 0 Å². The monoisotopic (exact) mass is 400 g/mol. The molecule has 0 aliphatic heterocycles. The molecule has 2 aromatic carbocycles. The van der Waals surface area contributed by atoms with Crippen LogP contribution in [0.25, 0.3) is 11.6 Å². The maximum atomic E-state index is 12.6. The Morgan fingerprint density at radius 1 is 1.17 bits per heavy atom. The third-order valence-electron chi connectivity index (χ3n) is 4.14. The van der Waals surface area contributed by atoms with Crippen molar-refractivity contribution in [2.24, 2.45) is 0 Å². The van der Waals surface area contributed by atoms with Crippen LogP contribution >= 0.6 is 27.5 Å². The van der Waals surface area contributed by atoms with Gasteiger partial charge in [0, 0.05) is 21.5 Å². The molecular weight excluding hydrogens is 384 g/mol. The van der Waals surface area contributed by atoms with Gasteiger partial charge < -0.3 is 0 Å². The summed E-state index contributed by atoms with van der Waals surface area (Å²) in [6.07, 6.45) is 6.36. The lowest BCUT2D eigenvalue weighted by Crippen LogP contribution is -2.01. The molecule has 2 aromatic rings. The summed E-state index contributed by atoms with van der Waals surface area (Å²) in [5.74, 6) is 0.231. The fraction of sp³-hybridized carbons (Fsp3) is 0.190. The first-order valence-corrected chi connectivity index (χ1v) is 9.24. The first-order chi connectivity index (χ1) is 11.6. The number of hydrogen-bond donors (Lipinski definition) is 0. The van der Waals surface area contributed by atoms with Crippen molar-refractivity contribution < 1.29 is 4.79 Å². The van der Waals surface area contributed by atoms with Gasteiger partial charge in [-0.2, -0.15) is 0 Å². The molecule has 3 heteroatoms. The van der Waals surface area contributed by atoms with Gasteiger partial charge in [-0.15, -0.1) is 0 Å². The highest BCUT2D eigenvalue weighted by Crippen LogP contribution is 2.36. The van der Waals surface area contributed by atoms with Crippen molar-refractivity contribution in [2.45, 2.75) is 26.2 Å². The molecule has 0 heterocycles. The van der Waals surface area contributed by atoms with Gasteiger partial charge in [-0.1, -0.05) is 64.8 Å². The number of carbonyl (C=O) groups excluding carboxylic acids is 1. The van der Waals surface area contributed by atoms with Gasteiger partial charge in [0.2, 0.25) is 0 Å². The summed E-state index contributed by atoms with van der Waals surface area (Å²) in [5, 5.41) is 0.725. The van der Waals surface area contributed by atoms with Crippen LogP contribution < -0.4 is 0 Å². The highest BCUT2D eigenvalue weighted by atomic mass is 79.9. The molecule has 0 amide bonds. The molecule has 0 saturated heterocycles. The Kier molecular flexibility index (Phi) is 5.37. The highest BCUT2D eigenvalue weighted by Gasteiger charge is 2.24. The Hall–Kier alpha value is -1.64. The maximum Gasteiger partial charge on any atom is 0.163 e. The fourth-order valence-corrected chi connectivity index (χ4v) is 3.55. The molecule has 0 spiro atoms. The lowest BCUT2D eigenvalue weighted by molar-refractivity contribution is -0.113. The van der Waals surface area contributed by atoms with E-state index in [-0.39, 0.29) is 5.78 Å². The van der Waals surface area contributed by atoms with Crippen LogP contribution in [0.3, 0.4) is 0 Å². The molecule has 3 rings (SSSR count). The van der Waals surface area contributed by atoms with E-state index >= 15 is 0 Å². The van der Waals surface area contributed by atoms with E-state index in [1.807, 2.05) is 49.4 Å². The molecule has 0 fully saturated rings. The number of rotatable bonds is 5. The van der Waals surface area contributed by atoms with Crippen LogP contribution in [0.1, 0.15) is 36.5 Å². The zero-order valence-corrected chi connectivity index (χ0v) is 15.8. The zero-order valence-electron chi connectivity index (χ0n) is 13.5. The van der Waals surface area contributed by atoms with E-state index in [9.17, 15) is 4.79 Å². The molecular formula is C21H18BrClO. The van der Waals surface area contributed by atoms with Gasteiger partial charge in [-0.05, 0) is 59.4 Å². The van der Waals surface area contributed by atoms with Gasteiger partial charge in [-0.25, -0.2) is 0 Å². The van der Waals surface area contributed by atoms with Crippen LogP contribution in [-0.4, -0.2) is 5.78 Å². The second kappa shape index (κ2) is 7.50. The molecule has 0 radical (unpaired) electrons. The molecule has 1 nitrogen and oxygen atoms in total. The quantitative estimate of drug-likeness (QED) is 0.559. The van der Waals surface area contributed by atoms with E-state index in [4.69, 9.17) is 11.6 Å². The lowest BCUT2D eigenvalue weighted by Gasteiger charge is -2.05. The largest absolute Gasteiger partial charge is 0.294 e. The Morgan fingerprint density at radius 2 is 1.92 bits per heavy atom. The standard InChI is InChI=1S/C21H18BrClO/c1-2-3-20(24)21-15(7-4-14-5-9-18(23)10-6-14)12-16-13-17(22)8-11-19(16)21/h4-11,13H,2-3,12H2,1H3/b7-4+. The van der Waals surface area contributed by atoms with Crippen molar-refractivity contribution in [3.05, 3.63) is 80.3 Å². The van der Waals surface area contributed by atoms with Crippen molar-refractivity contribution >= 4 is 45.0 Å². The number of Topliss-reactive ketones (excluding diaryl/α,β-unsaturated/α-hetero) is 1. The summed E-state index contributed by atoms with van der Waals surface area (Å²) in [7, 11) is 0. The molecule has 24 heavy (non-hydrogen) atoms. The lowest BCUT2D eigenvalue weighted by atomic mass is 9.98. The van der Waals surface area contributed by atoms with Crippen LogP contribution in [0.5, 0.6) is 0 Å². The van der Waals surface area contributed by atoms with Gasteiger partial charge in [0.1, 0.15) is 0 Å². The summed E-state index contributed by atoms with van der Waals surface area (Å²) in [6.45, 7) is 2.04. The van der Waals surface area contributed by atoms with Crippen LogP contribution in [-0.2, 0) is 11.2 Å².